The van der Waals surface area contributed by atoms with Crippen LogP contribution in [0.25, 0.3) is 0 Å². The Hall–Kier alpha value is -0.0400. The van der Waals surface area contributed by atoms with E-state index in [0.29, 0.717) is 11.3 Å². The van der Waals surface area contributed by atoms with Crippen molar-refractivity contribution in [3.05, 3.63) is 0 Å². The lowest BCUT2D eigenvalue weighted by Gasteiger charge is -2.44. The van der Waals surface area contributed by atoms with Crippen LogP contribution in [0.1, 0.15) is 40.5 Å². The van der Waals surface area contributed by atoms with Crippen molar-refractivity contribution < 1.29 is 5.11 Å². The van der Waals surface area contributed by atoms with Gasteiger partial charge in [-0.15, -0.1) is 0 Å². The molecule has 2 rings (SSSR count). The van der Waals surface area contributed by atoms with E-state index in [-0.39, 0.29) is 11.5 Å². The predicted molar refractivity (Wildman–Crippen MR) is 49.8 cm³/mol. The topological polar surface area (TPSA) is 20.2 Å². The average molecular weight is 168 g/mol. The smallest absolute Gasteiger partial charge is 0.0622 e. The first-order valence-corrected chi connectivity index (χ1v) is 5.04. The van der Waals surface area contributed by atoms with Crippen LogP contribution in [0.2, 0.25) is 0 Å². The van der Waals surface area contributed by atoms with Crippen LogP contribution in [0.15, 0.2) is 0 Å². The second-order valence-corrected chi connectivity index (χ2v) is 6.01. The maximum atomic E-state index is 9.98. The third kappa shape index (κ3) is 0.834. The van der Waals surface area contributed by atoms with Crippen LogP contribution in [0, 0.1) is 22.7 Å². The molecule has 2 aliphatic carbocycles. The summed E-state index contributed by atoms with van der Waals surface area (Å²) in [6.07, 6.45) is 2.43. The maximum Gasteiger partial charge on any atom is 0.0622 e. The van der Waals surface area contributed by atoms with Gasteiger partial charge in [-0.1, -0.05) is 27.7 Å². The van der Waals surface area contributed by atoms with Gasteiger partial charge in [-0.3, -0.25) is 0 Å². The molecule has 1 heteroatoms. The predicted octanol–water partition coefficient (Wildman–Crippen LogP) is 2.44. The zero-order chi connectivity index (χ0) is 9.15. The summed E-state index contributed by atoms with van der Waals surface area (Å²) in [5, 5.41) is 9.98. The van der Waals surface area contributed by atoms with Gasteiger partial charge >= 0.3 is 0 Å². The summed E-state index contributed by atoms with van der Waals surface area (Å²) in [6.45, 7) is 9.16. The van der Waals surface area contributed by atoms with E-state index in [2.05, 4.69) is 27.7 Å². The van der Waals surface area contributed by atoms with Crippen molar-refractivity contribution in [2.24, 2.45) is 22.7 Å². The summed E-state index contributed by atoms with van der Waals surface area (Å²) in [5.41, 5.74) is 0.625. The van der Waals surface area contributed by atoms with Gasteiger partial charge < -0.3 is 5.11 Å². The highest BCUT2D eigenvalue weighted by atomic mass is 16.3. The number of hydrogen-bond donors (Lipinski definition) is 1. The molecule has 2 bridgehead atoms. The minimum absolute atomic E-state index is 0.0458. The van der Waals surface area contributed by atoms with E-state index in [0.717, 1.165) is 5.92 Å². The second-order valence-electron chi connectivity index (χ2n) is 6.01. The standard InChI is InChI=1S/C11H20O/c1-10(2)6-7-5-8(10)11(3,4)9(7)12/h7-9,12H,5-6H2,1-4H3. The SMILES string of the molecule is CC1(C)CC2CC1C(C)(C)C2O. The van der Waals surface area contributed by atoms with Crippen molar-refractivity contribution in [2.75, 3.05) is 0 Å². The Kier molecular flexibility index (Phi) is 1.47. The van der Waals surface area contributed by atoms with E-state index in [1.807, 2.05) is 0 Å². The largest absolute Gasteiger partial charge is 0.392 e. The monoisotopic (exact) mass is 168 g/mol. The normalized spacial score (nSPS) is 48.2. The van der Waals surface area contributed by atoms with Crippen LogP contribution in [-0.4, -0.2) is 11.2 Å². The van der Waals surface area contributed by atoms with Crippen molar-refractivity contribution in [1.29, 1.82) is 0 Å². The zero-order valence-corrected chi connectivity index (χ0v) is 8.59. The molecule has 0 aromatic rings. The van der Waals surface area contributed by atoms with Crippen molar-refractivity contribution in [1.82, 2.24) is 0 Å². The molecule has 1 nitrogen and oxygen atoms in total. The summed E-state index contributed by atoms with van der Waals surface area (Å²) in [5.74, 6) is 1.31. The zero-order valence-electron chi connectivity index (χ0n) is 8.59. The first-order valence-electron chi connectivity index (χ1n) is 5.04. The summed E-state index contributed by atoms with van der Waals surface area (Å²) in [7, 11) is 0. The molecule has 1 N–H and O–H groups in total. The van der Waals surface area contributed by atoms with Gasteiger partial charge in [0, 0.05) is 0 Å². The van der Waals surface area contributed by atoms with Crippen LogP contribution >= 0.6 is 0 Å². The molecule has 0 heterocycles. The molecule has 0 aromatic carbocycles. The van der Waals surface area contributed by atoms with Crippen LogP contribution in [-0.2, 0) is 0 Å². The summed E-state index contributed by atoms with van der Waals surface area (Å²) >= 11 is 0. The lowest BCUT2D eigenvalue weighted by molar-refractivity contribution is -0.0429. The van der Waals surface area contributed by atoms with E-state index in [9.17, 15) is 5.11 Å². The Morgan fingerprint density at radius 2 is 1.75 bits per heavy atom. The van der Waals surface area contributed by atoms with Gasteiger partial charge in [0.05, 0.1) is 6.10 Å². The molecule has 0 saturated heterocycles. The second kappa shape index (κ2) is 2.06. The third-order valence-electron chi connectivity index (χ3n) is 4.38. The van der Waals surface area contributed by atoms with Gasteiger partial charge in [0.15, 0.2) is 0 Å². The summed E-state index contributed by atoms with van der Waals surface area (Å²) < 4.78 is 0. The summed E-state index contributed by atoms with van der Waals surface area (Å²) in [4.78, 5) is 0. The fourth-order valence-corrected chi connectivity index (χ4v) is 3.89. The third-order valence-corrected chi connectivity index (χ3v) is 4.38. The molecular weight excluding hydrogens is 148 g/mol. The van der Waals surface area contributed by atoms with Crippen molar-refractivity contribution in [3.63, 3.8) is 0 Å². The van der Waals surface area contributed by atoms with E-state index < -0.39 is 0 Å². The van der Waals surface area contributed by atoms with Crippen LogP contribution < -0.4 is 0 Å². The number of aliphatic hydroxyl groups is 1. The van der Waals surface area contributed by atoms with Gasteiger partial charge in [0.2, 0.25) is 0 Å². The first kappa shape index (κ1) is 8.55. The quantitative estimate of drug-likeness (QED) is 0.589. The highest BCUT2D eigenvalue weighted by Gasteiger charge is 2.59. The number of fused-ring (bicyclic) bond motifs is 2. The van der Waals surface area contributed by atoms with Crippen LogP contribution in [0.4, 0.5) is 0 Å². The Bertz CT molecular complexity index is 205. The maximum absolute atomic E-state index is 9.98. The Morgan fingerprint density at radius 3 is 2.08 bits per heavy atom. The molecular formula is C11H20O. The van der Waals surface area contributed by atoms with Crippen molar-refractivity contribution in [3.8, 4) is 0 Å². The summed E-state index contributed by atoms with van der Waals surface area (Å²) in [6, 6.07) is 0. The fourth-order valence-electron chi connectivity index (χ4n) is 3.89. The number of hydrogen-bond acceptors (Lipinski definition) is 1. The molecule has 0 aliphatic heterocycles. The highest BCUT2D eigenvalue weighted by Crippen LogP contribution is 2.63. The number of rotatable bonds is 0. The Morgan fingerprint density at radius 1 is 1.17 bits per heavy atom. The van der Waals surface area contributed by atoms with E-state index in [1.54, 1.807) is 0 Å². The highest BCUT2D eigenvalue weighted by molar-refractivity contribution is 5.08. The van der Waals surface area contributed by atoms with Crippen molar-refractivity contribution in [2.45, 2.75) is 46.6 Å². The molecule has 2 aliphatic rings. The Balaban J connectivity index is 2.33. The van der Waals surface area contributed by atoms with Gasteiger partial charge in [-0.2, -0.15) is 0 Å². The molecule has 0 amide bonds. The fraction of sp³-hybridized carbons (Fsp3) is 1.00. The molecule has 0 spiro atoms. The molecule has 2 fully saturated rings. The Labute approximate surface area is 75.2 Å². The van der Waals surface area contributed by atoms with Gasteiger partial charge in [-0.25, -0.2) is 0 Å². The molecule has 0 radical (unpaired) electrons. The minimum Gasteiger partial charge on any atom is -0.392 e. The van der Waals surface area contributed by atoms with Gasteiger partial charge in [0.1, 0.15) is 0 Å². The lowest BCUT2D eigenvalue weighted by Crippen LogP contribution is -2.42. The minimum atomic E-state index is -0.0458. The van der Waals surface area contributed by atoms with Crippen LogP contribution in [0.5, 0.6) is 0 Å². The molecule has 3 unspecified atom stereocenters. The van der Waals surface area contributed by atoms with Crippen LogP contribution in [0.3, 0.4) is 0 Å². The first-order chi connectivity index (χ1) is 5.36. The van der Waals surface area contributed by atoms with Gasteiger partial charge in [0.25, 0.3) is 0 Å². The molecule has 2 saturated carbocycles. The molecule has 3 atom stereocenters. The van der Waals surface area contributed by atoms with E-state index in [1.165, 1.54) is 12.8 Å². The van der Waals surface area contributed by atoms with Gasteiger partial charge in [-0.05, 0) is 35.5 Å². The molecule has 0 aromatic heterocycles. The average Bonchev–Trinajstić information content (AvgIpc) is 2.31. The molecule has 12 heavy (non-hydrogen) atoms. The lowest BCUT2D eigenvalue weighted by atomic mass is 9.63. The number of aliphatic hydroxyl groups excluding tert-OH is 1. The van der Waals surface area contributed by atoms with E-state index >= 15 is 0 Å². The van der Waals surface area contributed by atoms with E-state index in [4.69, 9.17) is 0 Å². The molecule has 70 valence electrons. The van der Waals surface area contributed by atoms with Crippen molar-refractivity contribution >= 4 is 0 Å².